The smallest absolute Gasteiger partial charge is 0.269 e. The van der Waals surface area contributed by atoms with Gasteiger partial charge in [0.1, 0.15) is 12.3 Å². The molecule has 6 heteroatoms. The highest BCUT2D eigenvalue weighted by Crippen LogP contribution is 2.15. The molecule has 0 aliphatic heterocycles. The van der Waals surface area contributed by atoms with Crippen molar-refractivity contribution in [2.45, 2.75) is 32.7 Å². The highest BCUT2D eigenvalue weighted by molar-refractivity contribution is 5.95. The first kappa shape index (κ1) is 19.5. The number of fused-ring (bicyclic) bond motifs is 1. The number of hydrogen-bond acceptors (Lipinski definition) is 3. The second-order valence-corrected chi connectivity index (χ2v) is 6.58. The number of hydrogen-bond donors (Lipinski definition) is 2. The number of amides is 2. The van der Waals surface area contributed by atoms with Gasteiger partial charge < -0.3 is 9.30 Å². The molecule has 0 bridgehead atoms. The Hall–Kier alpha value is -3.28. The van der Waals surface area contributed by atoms with Crippen LogP contribution in [0.4, 0.5) is 0 Å². The first-order valence-electron chi connectivity index (χ1n) is 9.53. The summed E-state index contributed by atoms with van der Waals surface area (Å²) in [4.78, 5) is 24.3. The van der Waals surface area contributed by atoms with Crippen LogP contribution >= 0.6 is 0 Å². The predicted octanol–water partition coefficient (Wildman–Crippen LogP) is 3.67. The minimum absolute atomic E-state index is 0.123. The van der Waals surface area contributed by atoms with Crippen LogP contribution in [0, 0.1) is 0 Å². The minimum atomic E-state index is -0.372. The molecular weight excluding hydrogens is 354 g/mol. The Balaban J connectivity index is 1.47. The number of hydrazine groups is 1. The van der Waals surface area contributed by atoms with E-state index < -0.39 is 0 Å². The Morgan fingerprint density at radius 3 is 2.54 bits per heavy atom. The van der Waals surface area contributed by atoms with Crippen LogP contribution in [0.3, 0.4) is 0 Å². The molecule has 3 rings (SSSR count). The molecule has 0 spiro atoms. The van der Waals surface area contributed by atoms with Gasteiger partial charge in [0.25, 0.3) is 11.8 Å². The van der Waals surface area contributed by atoms with E-state index >= 15 is 0 Å². The monoisotopic (exact) mass is 379 g/mol. The zero-order chi connectivity index (χ0) is 19.8. The highest BCUT2D eigenvalue weighted by atomic mass is 16.5. The van der Waals surface area contributed by atoms with Crippen LogP contribution in [0.15, 0.2) is 60.8 Å². The van der Waals surface area contributed by atoms with Gasteiger partial charge in [-0.15, -0.1) is 0 Å². The SMILES string of the molecule is CCCCCOc1ccc(C(=O)NNC(=O)Cn2ccc3ccccc32)cc1. The summed E-state index contributed by atoms with van der Waals surface area (Å²) in [5.41, 5.74) is 6.32. The van der Waals surface area contributed by atoms with E-state index in [1.807, 2.05) is 41.1 Å². The molecule has 0 aliphatic carbocycles. The van der Waals surface area contributed by atoms with Crippen LogP contribution in [0.5, 0.6) is 5.75 Å². The fourth-order valence-electron chi connectivity index (χ4n) is 2.92. The lowest BCUT2D eigenvalue weighted by molar-refractivity contribution is -0.122. The van der Waals surface area contributed by atoms with Crippen molar-refractivity contribution in [3.05, 3.63) is 66.4 Å². The number of carbonyl (C=O) groups is 2. The second kappa shape index (κ2) is 9.60. The Bertz CT molecular complexity index is 932. The molecule has 6 nitrogen and oxygen atoms in total. The first-order chi connectivity index (χ1) is 13.7. The number of nitrogens with one attached hydrogen (secondary N) is 2. The van der Waals surface area contributed by atoms with Gasteiger partial charge in [0.2, 0.25) is 0 Å². The van der Waals surface area contributed by atoms with E-state index in [2.05, 4.69) is 17.8 Å². The number of carbonyl (C=O) groups excluding carboxylic acids is 2. The normalized spacial score (nSPS) is 10.6. The predicted molar refractivity (Wildman–Crippen MR) is 109 cm³/mol. The fourth-order valence-corrected chi connectivity index (χ4v) is 2.92. The van der Waals surface area contributed by atoms with Crippen LogP contribution < -0.4 is 15.6 Å². The number of nitrogens with zero attached hydrogens (tertiary/aromatic N) is 1. The zero-order valence-corrected chi connectivity index (χ0v) is 16.0. The Kier molecular flexibility index (Phi) is 6.68. The summed E-state index contributed by atoms with van der Waals surface area (Å²) in [6.45, 7) is 2.94. The van der Waals surface area contributed by atoms with Gasteiger partial charge in [0, 0.05) is 17.3 Å². The molecule has 0 radical (unpaired) electrons. The summed E-state index contributed by atoms with van der Waals surface area (Å²) in [6, 6.07) is 16.6. The maximum Gasteiger partial charge on any atom is 0.269 e. The van der Waals surface area contributed by atoms with Gasteiger partial charge >= 0.3 is 0 Å². The van der Waals surface area contributed by atoms with Crippen LogP contribution in [0.25, 0.3) is 10.9 Å². The van der Waals surface area contributed by atoms with Gasteiger partial charge in [-0.25, -0.2) is 0 Å². The van der Waals surface area contributed by atoms with E-state index in [0.29, 0.717) is 12.2 Å². The van der Waals surface area contributed by atoms with Crippen molar-refractivity contribution in [3.63, 3.8) is 0 Å². The summed E-state index contributed by atoms with van der Waals surface area (Å²) < 4.78 is 7.47. The molecule has 1 heterocycles. The molecule has 0 fully saturated rings. The molecule has 1 aromatic heterocycles. The van der Waals surface area contributed by atoms with Gasteiger partial charge in [-0.2, -0.15) is 0 Å². The van der Waals surface area contributed by atoms with E-state index in [1.165, 1.54) is 0 Å². The molecule has 146 valence electrons. The van der Waals surface area contributed by atoms with Crippen molar-refractivity contribution in [2.24, 2.45) is 0 Å². The number of aromatic nitrogens is 1. The molecule has 0 aliphatic rings. The molecule has 0 unspecified atom stereocenters. The van der Waals surface area contributed by atoms with Gasteiger partial charge in [-0.05, 0) is 48.2 Å². The van der Waals surface area contributed by atoms with E-state index in [-0.39, 0.29) is 18.4 Å². The van der Waals surface area contributed by atoms with Crippen molar-refractivity contribution in [1.82, 2.24) is 15.4 Å². The summed E-state index contributed by atoms with van der Waals surface area (Å²) in [7, 11) is 0. The van der Waals surface area contributed by atoms with Gasteiger partial charge in [0.15, 0.2) is 0 Å². The van der Waals surface area contributed by atoms with E-state index in [4.69, 9.17) is 4.74 Å². The maximum atomic E-state index is 12.2. The molecule has 2 aromatic carbocycles. The molecular formula is C22H25N3O3. The first-order valence-corrected chi connectivity index (χ1v) is 9.53. The van der Waals surface area contributed by atoms with Crippen LogP contribution in [-0.2, 0) is 11.3 Å². The molecule has 2 N–H and O–H groups in total. The number of unbranched alkanes of at least 4 members (excludes halogenated alkanes) is 2. The molecule has 3 aromatic rings. The molecule has 0 saturated carbocycles. The van der Waals surface area contributed by atoms with Gasteiger partial charge in [0.05, 0.1) is 6.61 Å². The zero-order valence-electron chi connectivity index (χ0n) is 16.0. The van der Waals surface area contributed by atoms with E-state index in [1.54, 1.807) is 24.3 Å². The molecule has 28 heavy (non-hydrogen) atoms. The Labute approximate surface area is 164 Å². The minimum Gasteiger partial charge on any atom is -0.494 e. The standard InChI is InChI=1S/C22H25N3O3/c1-2-3-6-15-28-19-11-9-18(10-12-19)22(27)24-23-21(26)16-25-14-13-17-7-4-5-8-20(17)25/h4-5,7-14H,2-3,6,15-16H2,1H3,(H,23,26)(H,24,27). The van der Waals surface area contributed by atoms with Crippen LogP contribution in [-0.4, -0.2) is 23.0 Å². The summed E-state index contributed by atoms with van der Waals surface area (Å²) in [5.74, 6) is 0.0602. The Morgan fingerprint density at radius 2 is 1.75 bits per heavy atom. The second-order valence-electron chi connectivity index (χ2n) is 6.58. The topological polar surface area (TPSA) is 72.4 Å². The largest absolute Gasteiger partial charge is 0.494 e. The van der Waals surface area contributed by atoms with Gasteiger partial charge in [-0.1, -0.05) is 38.0 Å². The average molecular weight is 379 g/mol. The van der Waals surface area contributed by atoms with Gasteiger partial charge in [-0.3, -0.25) is 20.4 Å². The third-order valence-corrected chi connectivity index (χ3v) is 4.44. The van der Waals surface area contributed by atoms with Crippen LogP contribution in [0.1, 0.15) is 36.5 Å². The van der Waals surface area contributed by atoms with Crippen molar-refractivity contribution in [3.8, 4) is 5.75 Å². The lowest BCUT2D eigenvalue weighted by Gasteiger charge is -2.10. The Morgan fingerprint density at radius 1 is 0.964 bits per heavy atom. The van der Waals surface area contributed by atoms with Crippen molar-refractivity contribution >= 4 is 22.7 Å². The average Bonchev–Trinajstić information content (AvgIpc) is 3.13. The lowest BCUT2D eigenvalue weighted by Crippen LogP contribution is -2.43. The highest BCUT2D eigenvalue weighted by Gasteiger charge is 2.09. The van der Waals surface area contributed by atoms with E-state index in [9.17, 15) is 9.59 Å². The summed E-state index contributed by atoms with van der Waals surface area (Å²) in [6.07, 6.45) is 5.15. The number of para-hydroxylation sites is 1. The van der Waals surface area contributed by atoms with Crippen molar-refractivity contribution < 1.29 is 14.3 Å². The van der Waals surface area contributed by atoms with E-state index in [0.717, 1.165) is 35.9 Å². The van der Waals surface area contributed by atoms with Crippen molar-refractivity contribution in [2.75, 3.05) is 6.61 Å². The molecule has 0 saturated heterocycles. The molecule has 2 amide bonds. The van der Waals surface area contributed by atoms with Crippen LogP contribution in [0.2, 0.25) is 0 Å². The lowest BCUT2D eigenvalue weighted by atomic mass is 10.2. The number of benzene rings is 2. The number of rotatable bonds is 8. The third kappa shape index (κ3) is 5.13. The third-order valence-electron chi connectivity index (χ3n) is 4.44. The summed E-state index contributed by atoms with van der Waals surface area (Å²) in [5, 5.41) is 1.07. The fraction of sp³-hybridized carbons (Fsp3) is 0.273. The summed E-state index contributed by atoms with van der Waals surface area (Å²) >= 11 is 0. The number of ether oxygens (including phenoxy) is 1. The quantitative estimate of drug-likeness (QED) is 0.463. The maximum absolute atomic E-state index is 12.2. The van der Waals surface area contributed by atoms with Crippen molar-refractivity contribution in [1.29, 1.82) is 0 Å². The molecule has 0 atom stereocenters.